The van der Waals surface area contributed by atoms with Crippen LogP contribution in [0.2, 0.25) is 5.02 Å². The van der Waals surface area contributed by atoms with Crippen molar-refractivity contribution in [3.05, 3.63) is 34.9 Å². The summed E-state index contributed by atoms with van der Waals surface area (Å²) in [6, 6.07) is 8.73. The minimum absolute atomic E-state index is 0.190. The molecule has 0 aromatic heterocycles. The Morgan fingerprint density at radius 2 is 2.00 bits per heavy atom. The van der Waals surface area contributed by atoms with Crippen LogP contribution < -0.4 is 5.32 Å². The van der Waals surface area contributed by atoms with Crippen LogP contribution in [0, 0.1) is 0 Å². The molecule has 0 radical (unpaired) electrons. The van der Waals surface area contributed by atoms with Crippen LogP contribution in [0.1, 0.15) is 44.1 Å². The molecule has 1 unspecified atom stereocenters. The highest BCUT2D eigenvalue weighted by Gasteiger charge is 2.29. The van der Waals surface area contributed by atoms with E-state index in [1.165, 1.54) is 18.4 Å². The summed E-state index contributed by atoms with van der Waals surface area (Å²) in [5.41, 5.74) is 1.38. The smallest absolute Gasteiger partial charge is 0.0664 e. The molecular formula is C15H22ClNO. The van der Waals surface area contributed by atoms with Gasteiger partial charge in [-0.25, -0.2) is 0 Å². The first kappa shape index (κ1) is 13.9. The van der Waals surface area contributed by atoms with Crippen LogP contribution in [0.4, 0.5) is 0 Å². The van der Waals surface area contributed by atoms with Crippen LogP contribution in [0.15, 0.2) is 24.3 Å². The molecule has 0 saturated heterocycles. The third-order valence-electron chi connectivity index (χ3n) is 3.74. The lowest BCUT2D eigenvalue weighted by atomic mass is 9.76. The molecule has 3 heteroatoms. The third kappa shape index (κ3) is 3.71. The molecule has 1 aromatic rings. The van der Waals surface area contributed by atoms with Crippen molar-refractivity contribution in [2.24, 2.45) is 0 Å². The van der Waals surface area contributed by atoms with Gasteiger partial charge in [0.1, 0.15) is 0 Å². The molecule has 1 atom stereocenters. The zero-order valence-corrected chi connectivity index (χ0v) is 11.7. The summed E-state index contributed by atoms with van der Waals surface area (Å²) in [6.45, 7) is 2.83. The van der Waals surface area contributed by atoms with E-state index in [1.807, 2.05) is 12.1 Å². The van der Waals surface area contributed by atoms with Crippen molar-refractivity contribution >= 4 is 11.6 Å². The van der Waals surface area contributed by atoms with Crippen LogP contribution in [-0.4, -0.2) is 23.8 Å². The lowest BCUT2D eigenvalue weighted by Crippen LogP contribution is -2.43. The Kier molecular flexibility index (Phi) is 5.04. The van der Waals surface area contributed by atoms with Gasteiger partial charge < -0.3 is 10.4 Å². The second-order valence-electron chi connectivity index (χ2n) is 5.27. The van der Waals surface area contributed by atoms with Crippen molar-refractivity contribution < 1.29 is 5.11 Å². The second kappa shape index (κ2) is 6.55. The number of aliphatic hydroxyl groups is 1. The van der Waals surface area contributed by atoms with Gasteiger partial charge >= 0.3 is 0 Å². The second-order valence-corrected chi connectivity index (χ2v) is 5.70. The van der Waals surface area contributed by atoms with E-state index < -0.39 is 0 Å². The molecule has 1 fully saturated rings. The van der Waals surface area contributed by atoms with Crippen molar-refractivity contribution in [2.45, 2.75) is 50.7 Å². The van der Waals surface area contributed by atoms with E-state index in [4.69, 9.17) is 11.6 Å². The SMILES string of the molecule is CCCC(O)CNC1CC(c2ccc(Cl)cc2)C1. The van der Waals surface area contributed by atoms with Gasteiger partial charge in [-0.3, -0.25) is 0 Å². The fraction of sp³-hybridized carbons (Fsp3) is 0.600. The van der Waals surface area contributed by atoms with Gasteiger partial charge in [-0.2, -0.15) is 0 Å². The molecule has 0 amide bonds. The Balaban J connectivity index is 1.69. The predicted molar refractivity (Wildman–Crippen MR) is 76.1 cm³/mol. The maximum absolute atomic E-state index is 9.65. The molecule has 1 aliphatic rings. The molecule has 0 bridgehead atoms. The molecule has 0 heterocycles. The van der Waals surface area contributed by atoms with Gasteiger partial charge in [-0.1, -0.05) is 37.1 Å². The standard InChI is InChI=1S/C15H22ClNO/c1-2-3-15(18)10-17-14-8-12(9-14)11-4-6-13(16)7-5-11/h4-7,12,14-15,17-18H,2-3,8-10H2,1H3. The largest absolute Gasteiger partial charge is 0.392 e. The number of halogens is 1. The van der Waals surface area contributed by atoms with Crippen molar-refractivity contribution in [3.63, 3.8) is 0 Å². The van der Waals surface area contributed by atoms with Gasteiger partial charge in [0.05, 0.1) is 6.10 Å². The molecule has 2 N–H and O–H groups in total. The van der Waals surface area contributed by atoms with Gasteiger partial charge in [-0.05, 0) is 42.9 Å². The highest BCUT2D eigenvalue weighted by atomic mass is 35.5. The summed E-state index contributed by atoms with van der Waals surface area (Å²) in [4.78, 5) is 0. The van der Waals surface area contributed by atoms with E-state index in [0.717, 1.165) is 24.4 Å². The first-order chi connectivity index (χ1) is 8.69. The Bertz CT molecular complexity index is 359. The third-order valence-corrected chi connectivity index (χ3v) is 4.00. The Morgan fingerprint density at radius 3 is 2.61 bits per heavy atom. The Labute approximate surface area is 114 Å². The van der Waals surface area contributed by atoms with Crippen LogP contribution in [-0.2, 0) is 0 Å². The van der Waals surface area contributed by atoms with Gasteiger partial charge in [0, 0.05) is 17.6 Å². The summed E-state index contributed by atoms with van der Waals surface area (Å²) in [5.74, 6) is 0.656. The van der Waals surface area contributed by atoms with Crippen molar-refractivity contribution in [1.82, 2.24) is 5.32 Å². The average molecular weight is 268 g/mol. The number of nitrogens with one attached hydrogen (secondary N) is 1. The summed E-state index contributed by atoms with van der Waals surface area (Å²) >= 11 is 5.88. The quantitative estimate of drug-likeness (QED) is 0.829. The first-order valence-corrected chi connectivity index (χ1v) is 7.23. The normalized spacial score (nSPS) is 24.6. The molecule has 1 aromatic carbocycles. The minimum Gasteiger partial charge on any atom is -0.392 e. The molecule has 1 saturated carbocycles. The number of benzene rings is 1. The topological polar surface area (TPSA) is 32.3 Å². The van der Waals surface area contributed by atoms with Gasteiger partial charge in [0.2, 0.25) is 0 Å². The predicted octanol–water partition coefficient (Wildman–Crippen LogP) is 3.34. The number of aliphatic hydroxyl groups excluding tert-OH is 1. The van der Waals surface area contributed by atoms with E-state index in [0.29, 0.717) is 12.0 Å². The van der Waals surface area contributed by atoms with E-state index in [2.05, 4.69) is 24.4 Å². The molecule has 1 aliphatic carbocycles. The average Bonchev–Trinajstić information content (AvgIpc) is 2.29. The van der Waals surface area contributed by atoms with Crippen LogP contribution in [0.5, 0.6) is 0 Å². The van der Waals surface area contributed by atoms with E-state index in [-0.39, 0.29) is 6.10 Å². The molecule has 2 rings (SSSR count). The maximum atomic E-state index is 9.65. The summed E-state index contributed by atoms with van der Waals surface area (Å²) < 4.78 is 0. The molecule has 0 aliphatic heterocycles. The Morgan fingerprint density at radius 1 is 1.33 bits per heavy atom. The first-order valence-electron chi connectivity index (χ1n) is 6.86. The maximum Gasteiger partial charge on any atom is 0.0664 e. The number of hydrogen-bond donors (Lipinski definition) is 2. The molecular weight excluding hydrogens is 246 g/mol. The molecule has 100 valence electrons. The van der Waals surface area contributed by atoms with Gasteiger partial charge in [0.25, 0.3) is 0 Å². The van der Waals surface area contributed by atoms with E-state index in [1.54, 1.807) is 0 Å². The highest BCUT2D eigenvalue weighted by molar-refractivity contribution is 6.30. The lowest BCUT2D eigenvalue weighted by molar-refractivity contribution is 0.145. The van der Waals surface area contributed by atoms with Crippen LogP contribution in [0.25, 0.3) is 0 Å². The summed E-state index contributed by atoms with van der Waals surface area (Å²) in [6.07, 6.45) is 4.08. The Hall–Kier alpha value is -0.570. The van der Waals surface area contributed by atoms with Crippen LogP contribution in [0.3, 0.4) is 0 Å². The van der Waals surface area contributed by atoms with Crippen molar-refractivity contribution in [1.29, 1.82) is 0 Å². The summed E-state index contributed by atoms with van der Waals surface area (Å²) in [5, 5.41) is 13.9. The molecule has 2 nitrogen and oxygen atoms in total. The lowest BCUT2D eigenvalue weighted by Gasteiger charge is -2.37. The fourth-order valence-electron chi connectivity index (χ4n) is 2.53. The molecule has 0 spiro atoms. The summed E-state index contributed by atoms with van der Waals surface area (Å²) in [7, 11) is 0. The fourth-order valence-corrected chi connectivity index (χ4v) is 2.66. The number of hydrogen-bond acceptors (Lipinski definition) is 2. The van der Waals surface area contributed by atoms with Gasteiger partial charge in [-0.15, -0.1) is 0 Å². The van der Waals surface area contributed by atoms with E-state index in [9.17, 15) is 5.11 Å². The zero-order chi connectivity index (χ0) is 13.0. The minimum atomic E-state index is -0.190. The van der Waals surface area contributed by atoms with Crippen molar-refractivity contribution in [2.75, 3.05) is 6.54 Å². The number of rotatable bonds is 6. The zero-order valence-electron chi connectivity index (χ0n) is 10.9. The molecule has 18 heavy (non-hydrogen) atoms. The van der Waals surface area contributed by atoms with Crippen molar-refractivity contribution in [3.8, 4) is 0 Å². The van der Waals surface area contributed by atoms with Gasteiger partial charge in [0.15, 0.2) is 0 Å². The monoisotopic (exact) mass is 267 g/mol. The van der Waals surface area contributed by atoms with Crippen LogP contribution >= 0.6 is 11.6 Å². The highest BCUT2D eigenvalue weighted by Crippen LogP contribution is 2.37. The van der Waals surface area contributed by atoms with E-state index >= 15 is 0 Å².